The van der Waals surface area contributed by atoms with Gasteiger partial charge in [-0.25, -0.2) is 8.42 Å². The van der Waals surface area contributed by atoms with Crippen LogP contribution in [0.25, 0.3) is 6.08 Å². The summed E-state index contributed by atoms with van der Waals surface area (Å²) >= 11 is 5.17. The normalized spacial score (nSPS) is 17.9. The van der Waals surface area contributed by atoms with Gasteiger partial charge in [0.2, 0.25) is 15.9 Å². The molecule has 2 aliphatic rings. The van der Waals surface area contributed by atoms with E-state index in [0.717, 1.165) is 24.8 Å². The molecule has 1 aromatic carbocycles. The highest BCUT2D eigenvalue weighted by Crippen LogP contribution is 2.19. The van der Waals surface area contributed by atoms with Gasteiger partial charge in [0.1, 0.15) is 0 Å². The zero-order valence-electron chi connectivity index (χ0n) is 17.5. The smallest absolute Gasteiger partial charge is 0.250 e. The lowest BCUT2D eigenvalue weighted by Gasteiger charge is -2.26. The maximum atomic E-state index is 12.6. The minimum absolute atomic E-state index is 0.231. The van der Waals surface area contributed by atoms with E-state index < -0.39 is 10.0 Å². The minimum atomic E-state index is -3.52. The van der Waals surface area contributed by atoms with E-state index in [2.05, 4.69) is 16.7 Å². The number of ether oxygens (including phenoxy) is 1. The first-order valence-corrected chi connectivity index (χ1v) is 12.4. The number of hydrogen-bond acceptors (Lipinski definition) is 5. The third-order valence-electron chi connectivity index (χ3n) is 5.27. The van der Waals surface area contributed by atoms with Gasteiger partial charge in [-0.2, -0.15) is 4.31 Å². The summed E-state index contributed by atoms with van der Waals surface area (Å²) in [5, 5.41) is 5.99. The zero-order valence-corrected chi connectivity index (χ0v) is 19.1. The number of hydrogen-bond donors (Lipinski definition) is 2. The van der Waals surface area contributed by atoms with Gasteiger partial charge in [0, 0.05) is 25.7 Å². The van der Waals surface area contributed by atoms with Gasteiger partial charge in [0.25, 0.3) is 0 Å². The molecule has 1 saturated heterocycles. The molecule has 0 spiro atoms. The van der Waals surface area contributed by atoms with E-state index in [1.807, 2.05) is 0 Å². The van der Waals surface area contributed by atoms with Gasteiger partial charge in [-0.05, 0) is 68.1 Å². The van der Waals surface area contributed by atoms with Crippen LogP contribution in [0, 0.1) is 0 Å². The highest BCUT2D eigenvalue weighted by atomic mass is 32.2. The first-order valence-electron chi connectivity index (χ1n) is 10.6. The van der Waals surface area contributed by atoms with Crippen molar-refractivity contribution in [2.45, 2.75) is 37.0 Å². The summed E-state index contributed by atoms with van der Waals surface area (Å²) < 4.78 is 31.9. The van der Waals surface area contributed by atoms with Crippen molar-refractivity contribution >= 4 is 39.3 Å². The van der Waals surface area contributed by atoms with Crippen LogP contribution in [0.3, 0.4) is 0 Å². The number of nitrogens with zero attached hydrogens (tertiary/aromatic N) is 1. The number of carbonyl (C=O) groups is 1. The average molecular weight is 464 g/mol. The lowest BCUT2D eigenvalue weighted by atomic mass is 9.97. The second-order valence-electron chi connectivity index (χ2n) is 7.52. The molecule has 1 aromatic rings. The maximum absolute atomic E-state index is 12.6. The average Bonchev–Trinajstić information content (AvgIpc) is 2.79. The molecular weight excluding hydrogens is 434 g/mol. The molecule has 3 rings (SSSR count). The Morgan fingerprint density at radius 2 is 1.90 bits per heavy atom. The molecule has 0 saturated carbocycles. The number of amides is 1. The first-order chi connectivity index (χ1) is 14.9. The van der Waals surface area contributed by atoms with Gasteiger partial charge in [0.05, 0.1) is 18.1 Å². The fourth-order valence-corrected chi connectivity index (χ4v) is 5.14. The van der Waals surface area contributed by atoms with Crippen LogP contribution in [0.4, 0.5) is 0 Å². The van der Waals surface area contributed by atoms with E-state index in [0.29, 0.717) is 38.0 Å². The molecule has 1 fully saturated rings. The Balaban J connectivity index is 1.45. The van der Waals surface area contributed by atoms with E-state index in [9.17, 15) is 13.2 Å². The maximum Gasteiger partial charge on any atom is 0.250 e. The molecule has 9 heteroatoms. The van der Waals surface area contributed by atoms with Crippen LogP contribution in [-0.2, 0) is 19.6 Å². The van der Waals surface area contributed by atoms with E-state index in [-0.39, 0.29) is 10.8 Å². The quantitative estimate of drug-likeness (QED) is 0.367. The Labute approximate surface area is 189 Å². The van der Waals surface area contributed by atoms with Crippen LogP contribution in [0.2, 0.25) is 0 Å². The van der Waals surface area contributed by atoms with Crippen molar-refractivity contribution in [3.05, 3.63) is 47.6 Å². The van der Waals surface area contributed by atoms with Crippen LogP contribution < -0.4 is 10.6 Å². The van der Waals surface area contributed by atoms with Crippen molar-refractivity contribution in [1.29, 1.82) is 0 Å². The number of allylic oxidation sites excluding steroid dienone is 1. The van der Waals surface area contributed by atoms with Crippen LogP contribution in [0.15, 0.2) is 46.9 Å². The molecule has 1 aliphatic heterocycles. The molecule has 31 heavy (non-hydrogen) atoms. The van der Waals surface area contributed by atoms with Crippen LogP contribution in [0.1, 0.15) is 37.7 Å². The molecule has 1 aliphatic carbocycles. The predicted octanol–water partition coefficient (Wildman–Crippen LogP) is 2.60. The summed E-state index contributed by atoms with van der Waals surface area (Å²) in [4.78, 5) is 12.3. The number of benzene rings is 1. The lowest BCUT2D eigenvalue weighted by molar-refractivity contribution is -0.115. The van der Waals surface area contributed by atoms with Crippen LogP contribution in [-0.4, -0.2) is 56.6 Å². The van der Waals surface area contributed by atoms with Gasteiger partial charge in [-0.3, -0.25) is 10.1 Å². The fourth-order valence-electron chi connectivity index (χ4n) is 3.52. The number of morpholine rings is 1. The molecule has 0 atom stereocenters. The van der Waals surface area contributed by atoms with Crippen molar-refractivity contribution in [3.8, 4) is 0 Å². The largest absolute Gasteiger partial charge is 0.379 e. The number of rotatable bonds is 7. The summed E-state index contributed by atoms with van der Waals surface area (Å²) in [6.45, 7) is 2.23. The topological polar surface area (TPSA) is 87.7 Å². The SMILES string of the molecule is O=C(C=Cc1ccc(S(=O)(=O)N2CCOCC2)cc1)NC(=S)NCCC1=CCCCC1. The van der Waals surface area contributed by atoms with Gasteiger partial charge in [0.15, 0.2) is 5.11 Å². The monoisotopic (exact) mass is 463 g/mol. The van der Waals surface area contributed by atoms with Crippen molar-refractivity contribution < 1.29 is 17.9 Å². The second-order valence-corrected chi connectivity index (χ2v) is 9.87. The Hall–Kier alpha value is -2.07. The van der Waals surface area contributed by atoms with E-state index in [4.69, 9.17) is 17.0 Å². The molecule has 0 unspecified atom stereocenters. The highest BCUT2D eigenvalue weighted by molar-refractivity contribution is 7.89. The molecular formula is C22H29N3O4S2. The van der Waals surface area contributed by atoms with Gasteiger partial charge < -0.3 is 10.1 Å². The molecule has 1 amide bonds. The summed E-state index contributed by atoms with van der Waals surface area (Å²) in [5.41, 5.74) is 2.17. The minimum Gasteiger partial charge on any atom is -0.379 e. The third kappa shape index (κ3) is 7.24. The molecule has 168 valence electrons. The summed E-state index contributed by atoms with van der Waals surface area (Å²) in [6.07, 6.45) is 11.1. The fraction of sp³-hybridized carbons (Fsp3) is 0.455. The highest BCUT2D eigenvalue weighted by Gasteiger charge is 2.25. The van der Waals surface area contributed by atoms with Crippen molar-refractivity contribution in [2.75, 3.05) is 32.8 Å². The third-order valence-corrected chi connectivity index (χ3v) is 7.43. The molecule has 0 aromatic heterocycles. The van der Waals surface area contributed by atoms with Crippen LogP contribution in [0.5, 0.6) is 0 Å². The van der Waals surface area contributed by atoms with Gasteiger partial charge in [-0.1, -0.05) is 23.8 Å². The second kappa shape index (κ2) is 11.5. The van der Waals surface area contributed by atoms with E-state index in [1.165, 1.54) is 28.8 Å². The molecule has 7 nitrogen and oxygen atoms in total. The van der Waals surface area contributed by atoms with Crippen molar-refractivity contribution in [1.82, 2.24) is 14.9 Å². The summed E-state index contributed by atoms with van der Waals surface area (Å²) in [6, 6.07) is 6.44. The number of carbonyl (C=O) groups excluding carboxylic acids is 1. The first kappa shape index (κ1) is 23.6. The number of thiocarbonyl (C=S) groups is 1. The Morgan fingerprint density at radius 1 is 1.16 bits per heavy atom. The number of nitrogens with one attached hydrogen (secondary N) is 2. The number of sulfonamides is 1. The van der Waals surface area contributed by atoms with E-state index >= 15 is 0 Å². The summed E-state index contributed by atoms with van der Waals surface area (Å²) in [5.74, 6) is -0.334. The van der Waals surface area contributed by atoms with Crippen molar-refractivity contribution in [3.63, 3.8) is 0 Å². The Morgan fingerprint density at radius 3 is 2.58 bits per heavy atom. The molecule has 0 bridgehead atoms. The molecule has 1 heterocycles. The van der Waals surface area contributed by atoms with E-state index in [1.54, 1.807) is 30.3 Å². The van der Waals surface area contributed by atoms with Crippen molar-refractivity contribution in [2.24, 2.45) is 0 Å². The van der Waals surface area contributed by atoms with Crippen LogP contribution >= 0.6 is 12.2 Å². The Kier molecular flexibility index (Phi) is 8.77. The zero-order chi connectivity index (χ0) is 22.1. The van der Waals surface area contributed by atoms with Gasteiger partial charge >= 0.3 is 0 Å². The predicted molar refractivity (Wildman–Crippen MR) is 125 cm³/mol. The molecule has 2 N–H and O–H groups in total. The summed E-state index contributed by atoms with van der Waals surface area (Å²) in [7, 11) is -3.52. The standard InChI is InChI=1S/C22H29N3O4S2/c26-21(24-22(30)23-13-12-18-4-2-1-3-5-18)11-8-19-6-9-20(10-7-19)31(27,28)25-14-16-29-17-15-25/h4,6-11H,1-3,5,12-17H2,(H2,23,24,26,30). The van der Waals surface area contributed by atoms with Gasteiger partial charge in [-0.15, -0.1) is 0 Å². The Bertz CT molecular complexity index is 934. The molecule has 0 radical (unpaired) electrons. The lowest BCUT2D eigenvalue weighted by Crippen LogP contribution is -2.40.